The smallest absolute Gasteiger partial charge is 0.0837 e. The highest BCUT2D eigenvalue weighted by Crippen LogP contribution is 2.67. The highest BCUT2D eigenvalue weighted by molar-refractivity contribution is 5.25. The second kappa shape index (κ2) is 12.2. The second-order valence-electron chi connectivity index (χ2n) is 17.5. The number of rotatable bonds is 13. The van der Waals surface area contributed by atoms with E-state index in [1.54, 1.807) is 5.57 Å². The molecule has 0 radical (unpaired) electrons. The van der Waals surface area contributed by atoms with E-state index in [0.717, 1.165) is 68.0 Å². The molecule has 9 unspecified atom stereocenters. The summed E-state index contributed by atoms with van der Waals surface area (Å²) in [6.45, 7) is 23.3. The van der Waals surface area contributed by atoms with Gasteiger partial charge in [-0.3, -0.25) is 0 Å². The summed E-state index contributed by atoms with van der Waals surface area (Å²) >= 11 is 0. The minimum atomic E-state index is -0.153. The molecule has 4 aliphatic carbocycles. The minimum Gasteiger partial charge on any atom is -0.375 e. The largest absolute Gasteiger partial charge is 0.375 e. The van der Waals surface area contributed by atoms with Crippen molar-refractivity contribution >= 4 is 0 Å². The van der Waals surface area contributed by atoms with Crippen LogP contribution in [0.5, 0.6) is 0 Å². The van der Waals surface area contributed by atoms with Gasteiger partial charge in [-0.25, -0.2) is 0 Å². The maximum atomic E-state index is 6.84. The molecular formula is C38H66O3. The Morgan fingerprint density at radius 2 is 1.71 bits per heavy atom. The lowest BCUT2D eigenvalue weighted by atomic mass is 9.47. The number of allylic oxidation sites excluding steroid dienone is 1. The third-order valence-electron chi connectivity index (χ3n) is 13.1. The highest BCUT2D eigenvalue weighted by atomic mass is 16.6. The van der Waals surface area contributed by atoms with Crippen molar-refractivity contribution in [3.05, 3.63) is 11.6 Å². The normalized spacial score (nSPS) is 39.6. The van der Waals surface area contributed by atoms with Crippen LogP contribution < -0.4 is 0 Å². The van der Waals surface area contributed by atoms with E-state index in [0.29, 0.717) is 23.0 Å². The van der Waals surface area contributed by atoms with Crippen molar-refractivity contribution in [3.63, 3.8) is 0 Å². The monoisotopic (exact) mass is 571 g/mol. The molecule has 0 N–H and O–H groups in total. The Morgan fingerprint density at radius 3 is 2.41 bits per heavy atom. The summed E-state index contributed by atoms with van der Waals surface area (Å²) in [4.78, 5) is 0. The zero-order valence-electron chi connectivity index (χ0n) is 28.5. The van der Waals surface area contributed by atoms with Crippen LogP contribution in [0.1, 0.15) is 146 Å². The molecule has 0 spiro atoms. The number of fused-ring (bicyclic) bond motifs is 5. The fourth-order valence-corrected chi connectivity index (χ4v) is 10.6. The molecule has 0 aromatic heterocycles. The molecular weight excluding hydrogens is 504 g/mol. The number of epoxide rings is 1. The second-order valence-corrected chi connectivity index (χ2v) is 17.5. The third-order valence-corrected chi connectivity index (χ3v) is 13.1. The van der Waals surface area contributed by atoms with Crippen molar-refractivity contribution in [2.45, 2.75) is 169 Å². The van der Waals surface area contributed by atoms with Gasteiger partial charge in [-0.1, -0.05) is 65.5 Å². The van der Waals surface area contributed by atoms with Gasteiger partial charge in [0.05, 0.1) is 36.6 Å². The van der Waals surface area contributed by atoms with Gasteiger partial charge in [0.2, 0.25) is 0 Å². The fraction of sp³-hybridized carbons (Fsp3) is 0.947. The van der Waals surface area contributed by atoms with E-state index < -0.39 is 0 Å². The van der Waals surface area contributed by atoms with Gasteiger partial charge in [0.1, 0.15) is 0 Å². The van der Waals surface area contributed by atoms with Gasteiger partial charge in [-0.05, 0) is 132 Å². The van der Waals surface area contributed by atoms with Gasteiger partial charge >= 0.3 is 0 Å². The standard InChI is InChI=1S/C38H66O3/c1-26(2)11-10-12-27(3)32-15-16-33-31-14-13-28-23-29(17-19-37(28,8)34(31)18-20-38(32,33)9)41-35(4,5)21-22-40-36(6,7)24-30-25-39-30/h13,26-27,29-34H,10-12,14-25H2,1-9H3. The molecule has 3 saturated carbocycles. The Balaban J connectivity index is 1.16. The van der Waals surface area contributed by atoms with Crippen LogP contribution in [0.2, 0.25) is 0 Å². The lowest BCUT2D eigenvalue weighted by Gasteiger charge is -2.58. The van der Waals surface area contributed by atoms with Gasteiger partial charge < -0.3 is 14.2 Å². The van der Waals surface area contributed by atoms with E-state index in [2.05, 4.69) is 68.4 Å². The topological polar surface area (TPSA) is 31.0 Å². The van der Waals surface area contributed by atoms with E-state index >= 15 is 0 Å². The van der Waals surface area contributed by atoms with Gasteiger partial charge in [-0.15, -0.1) is 0 Å². The van der Waals surface area contributed by atoms with Crippen LogP contribution in [0.4, 0.5) is 0 Å². The Morgan fingerprint density at radius 1 is 0.951 bits per heavy atom. The van der Waals surface area contributed by atoms with E-state index in [9.17, 15) is 0 Å². The average Bonchev–Trinajstić information content (AvgIpc) is 3.60. The quantitative estimate of drug-likeness (QED) is 0.163. The molecule has 0 bridgehead atoms. The summed E-state index contributed by atoms with van der Waals surface area (Å²) in [5.41, 5.74) is 2.45. The first kappa shape index (κ1) is 32.0. The number of hydrogen-bond acceptors (Lipinski definition) is 3. The Hall–Kier alpha value is -0.380. The van der Waals surface area contributed by atoms with E-state index in [-0.39, 0.29) is 11.2 Å². The van der Waals surface area contributed by atoms with E-state index in [1.807, 2.05) is 0 Å². The molecule has 4 fully saturated rings. The molecule has 1 heterocycles. The summed E-state index contributed by atoms with van der Waals surface area (Å²) in [5, 5.41) is 0. The zero-order chi connectivity index (χ0) is 29.6. The summed E-state index contributed by atoms with van der Waals surface area (Å²) in [6, 6.07) is 0. The van der Waals surface area contributed by atoms with Crippen molar-refractivity contribution in [3.8, 4) is 0 Å². The fourth-order valence-electron chi connectivity index (χ4n) is 10.6. The van der Waals surface area contributed by atoms with Crippen molar-refractivity contribution < 1.29 is 14.2 Å². The number of hydrogen-bond donors (Lipinski definition) is 0. The first-order valence-electron chi connectivity index (χ1n) is 17.9. The maximum absolute atomic E-state index is 6.84. The van der Waals surface area contributed by atoms with Crippen LogP contribution in [0.3, 0.4) is 0 Å². The first-order valence-corrected chi connectivity index (χ1v) is 17.9. The maximum Gasteiger partial charge on any atom is 0.0837 e. The minimum absolute atomic E-state index is 0.117. The lowest BCUT2D eigenvalue weighted by molar-refractivity contribution is -0.120. The van der Waals surface area contributed by atoms with Crippen LogP contribution in [-0.2, 0) is 14.2 Å². The molecule has 3 nitrogen and oxygen atoms in total. The van der Waals surface area contributed by atoms with Gasteiger partial charge in [0.25, 0.3) is 0 Å². The Labute approximate surface area is 254 Å². The predicted octanol–water partition coefficient (Wildman–Crippen LogP) is 10.2. The summed E-state index contributed by atoms with van der Waals surface area (Å²) in [7, 11) is 0. The van der Waals surface area contributed by atoms with Crippen LogP contribution >= 0.6 is 0 Å². The van der Waals surface area contributed by atoms with Crippen LogP contribution in [0, 0.1) is 46.3 Å². The molecule has 0 amide bonds. The number of ether oxygens (including phenoxy) is 3. The Bertz CT molecular complexity index is 914. The van der Waals surface area contributed by atoms with Crippen LogP contribution in [0.15, 0.2) is 11.6 Å². The lowest BCUT2D eigenvalue weighted by Crippen LogP contribution is -2.51. The van der Waals surface area contributed by atoms with Crippen LogP contribution in [-0.4, -0.2) is 36.6 Å². The first-order chi connectivity index (χ1) is 19.2. The van der Waals surface area contributed by atoms with E-state index in [1.165, 1.54) is 64.2 Å². The van der Waals surface area contributed by atoms with E-state index in [4.69, 9.17) is 14.2 Å². The molecule has 1 saturated heterocycles. The van der Waals surface area contributed by atoms with Gasteiger partial charge in [0.15, 0.2) is 0 Å². The zero-order valence-corrected chi connectivity index (χ0v) is 28.5. The summed E-state index contributed by atoms with van der Waals surface area (Å²) in [6.07, 6.45) is 20.6. The van der Waals surface area contributed by atoms with Crippen molar-refractivity contribution in [2.24, 2.45) is 46.3 Å². The molecule has 1 aliphatic heterocycles. The highest BCUT2D eigenvalue weighted by Gasteiger charge is 2.59. The van der Waals surface area contributed by atoms with Crippen molar-refractivity contribution in [1.29, 1.82) is 0 Å². The summed E-state index contributed by atoms with van der Waals surface area (Å²) in [5.74, 6) is 5.42. The molecule has 3 heteroatoms. The third kappa shape index (κ3) is 7.14. The molecule has 41 heavy (non-hydrogen) atoms. The Kier molecular flexibility index (Phi) is 9.52. The summed E-state index contributed by atoms with van der Waals surface area (Å²) < 4.78 is 18.6. The molecule has 236 valence electrons. The SMILES string of the molecule is CC(C)CCCC(C)C1CCC2C3CC=C4CC(OC(C)(C)CCOC(C)(C)CC5CO5)CCC4(C)C3CCC12C. The van der Waals surface area contributed by atoms with Gasteiger partial charge in [0, 0.05) is 6.42 Å². The van der Waals surface area contributed by atoms with Crippen molar-refractivity contribution in [2.75, 3.05) is 13.2 Å². The van der Waals surface area contributed by atoms with Gasteiger partial charge in [-0.2, -0.15) is 0 Å². The van der Waals surface area contributed by atoms with Crippen LogP contribution in [0.25, 0.3) is 0 Å². The average molecular weight is 571 g/mol. The molecule has 9 atom stereocenters. The predicted molar refractivity (Wildman–Crippen MR) is 171 cm³/mol. The van der Waals surface area contributed by atoms with Crippen molar-refractivity contribution in [1.82, 2.24) is 0 Å². The molecule has 0 aromatic rings. The molecule has 0 aromatic carbocycles. The molecule has 5 aliphatic rings. The molecule has 5 rings (SSSR count).